The molecule has 0 spiro atoms. The van der Waals surface area contributed by atoms with Gasteiger partial charge >= 0.3 is 0 Å². The van der Waals surface area contributed by atoms with Crippen molar-refractivity contribution in [1.29, 1.82) is 0 Å². The van der Waals surface area contributed by atoms with E-state index in [4.69, 9.17) is 10.9 Å². The molecule has 2 rings (SSSR count). The fourth-order valence-electron chi connectivity index (χ4n) is 1.39. The molecular weight excluding hydrogens is 211 g/mol. The molecule has 0 fully saturated rings. The molecular formula is C10H9FN4O. The lowest BCUT2D eigenvalue weighted by Gasteiger charge is -2.08. The van der Waals surface area contributed by atoms with E-state index in [-0.39, 0.29) is 5.84 Å². The molecule has 0 amide bonds. The number of benzene rings is 1. The number of imidazole rings is 1. The normalized spacial score (nSPS) is 11.7. The molecule has 0 unspecified atom stereocenters. The largest absolute Gasteiger partial charge is 0.409 e. The number of oxime groups is 1. The maximum atomic E-state index is 13.1. The van der Waals surface area contributed by atoms with Crippen LogP contribution in [-0.2, 0) is 0 Å². The molecule has 0 saturated heterocycles. The van der Waals surface area contributed by atoms with Gasteiger partial charge in [0.1, 0.15) is 5.82 Å². The van der Waals surface area contributed by atoms with E-state index in [1.165, 1.54) is 18.2 Å². The molecule has 1 aromatic carbocycles. The Bertz CT molecular complexity index is 522. The minimum absolute atomic E-state index is 0.150. The Labute approximate surface area is 90.6 Å². The second kappa shape index (κ2) is 4.01. The molecule has 82 valence electrons. The maximum absolute atomic E-state index is 13.1. The molecule has 1 aromatic heterocycles. The molecule has 2 aromatic rings. The molecule has 0 saturated carbocycles. The predicted molar refractivity (Wildman–Crippen MR) is 56.0 cm³/mol. The van der Waals surface area contributed by atoms with Crippen molar-refractivity contribution in [3.05, 3.63) is 48.3 Å². The van der Waals surface area contributed by atoms with Crippen LogP contribution in [0, 0.1) is 5.82 Å². The summed E-state index contributed by atoms with van der Waals surface area (Å²) in [5.74, 6) is -0.603. The smallest absolute Gasteiger partial charge is 0.172 e. The summed E-state index contributed by atoms with van der Waals surface area (Å²) in [5, 5.41) is 11.5. The van der Waals surface area contributed by atoms with Crippen molar-refractivity contribution in [3.63, 3.8) is 0 Å². The molecule has 0 aliphatic heterocycles. The lowest BCUT2D eigenvalue weighted by molar-refractivity contribution is 0.318. The third kappa shape index (κ3) is 1.72. The van der Waals surface area contributed by atoms with Gasteiger partial charge in [-0.15, -0.1) is 0 Å². The zero-order valence-electron chi connectivity index (χ0n) is 8.21. The van der Waals surface area contributed by atoms with Gasteiger partial charge in [0.25, 0.3) is 0 Å². The van der Waals surface area contributed by atoms with E-state index in [0.29, 0.717) is 11.3 Å². The Morgan fingerprint density at radius 1 is 1.50 bits per heavy atom. The van der Waals surface area contributed by atoms with E-state index in [2.05, 4.69) is 10.1 Å². The number of hydrogen-bond donors (Lipinski definition) is 2. The fourth-order valence-corrected chi connectivity index (χ4v) is 1.39. The molecule has 0 atom stereocenters. The highest BCUT2D eigenvalue weighted by atomic mass is 19.1. The van der Waals surface area contributed by atoms with E-state index in [9.17, 15) is 4.39 Å². The number of hydrogen-bond acceptors (Lipinski definition) is 3. The monoisotopic (exact) mass is 220 g/mol. The van der Waals surface area contributed by atoms with Gasteiger partial charge in [-0.25, -0.2) is 9.37 Å². The number of halogens is 1. The third-order valence-corrected chi connectivity index (χ3v) is 2.12. The van der Waals surface area contributed by atoms with Gasteiger partial charge in [-0.05, 0) is 18.2 Å². The summed E-state index contributed by atoms with van der Waals surface area (Å²) in [6, 6.07) is 4.03. The van der Waals surface area contributed by atoms with Crippen LogP contribution in [0.2, 0.25) is 0 Å². The van der Waals surface area contributed by atoms with Gasteiger partial charge in [0.15, 0.2) is 5.84 Å². The van der Waals surface area contributed by atoms with Crippen LogP contribution in [-0.4, -0.2) is 20.6 Å². The van der Waals surface area contributed by atoms with Crippen LogP contribution in [0.1, 0.15) is 5.56 Å². The van der Waals surface area contributed by atoms with Crippen LogP contribution in [0.4, 0.5) is 4.39 Å². The van der Waals surface area contributed by atoms with Crippen LogP contribution in [0.3, 0.4) is 0 Å². The number of amidine groups is 1. The van der Waals surface area contributed by atoms with Crippen molar-refractivity contribution in [2.45, 2.75) is 0 Å². The molecule has 16 heavy (non-hydrogen) atoms. The molecule has 5 nitrogen and oxygen atoms in total. The second-order valence-electron chi connectivity index (χ2n) is 3.12. The van der Waals surface area contributed by atoms with Gasteiger partial charge in [-0.1, -0.05) is 5.16 Å². The Morgan fingerprint density at radius 2 is 2.31 bits per heavy atom. The molecule has 3 N–H and O–H groups in total. The maximum Gasteiger partial charge on any atom is 0.172 e. The highest BCUT2D eigenvalue weighted by Gasteiger charge is 2.09. The average Bonchev–Trinajstić information content (AvgIpc) is 2.81. The van der Waals surface area contributed by atoms with Gasteiger partial charge in [-0.2, -0.15) is 0 Å². The first-order valence-electron chi connectivity index (χ1n) is 4.48. The molecule has 1 heterocycles. The lowest BCUT2D eigenvalue weighted by atomic mass is 10.1. The van der Waals surface area contributed by atoms with E-state index in [1.54, 1.807) is 23.3 Å². The SMILES string of the molecule is NC(=NO)c1cc(F)ccc1-n1ccnc1. The first-order chi connectivity index (χ1) is 7.72. The quantitative estimate of drug-likeness (QED) is 0.344. The number of aromatic nitrogens is 2. The minimum Gasteiger partial charge on any atom is -0.409 e. The summed E-state index contributed by atoms with van der Waals surface area (Å²) in [7, 11) is 0. The van der Waals surface area contributed by atoms with E-state index in [0.717, 1.165) is 0 Å². The first-order valence-corrected chi connectivity index (χ1v) is 4.48. The second-order valence-corrected chi connectivity index (χ2v) is 3.12. The van der Waals surface area contributed by atoms with Crippen molar-refractivity contribution in [3.8, 4) is 5.69 Å². The minimum atomic E-state index is -0.453. The first kappa shape index (κ1) is 10.2. The fraction of sp³-hybridized carbons (Fsp3) is 0. The summed E-state index contributed by atoms with van der Waals surface area (Å²) >= 11 is 0. The van der Waals surface area contributed by atoms with Gasteiger partial charge in [-0.3, -0.25) is 0 Å². The highest BCUT2D eigenvalue weighted by Crippen LogP contribution is 2.15. The van der Waals surface area contributed by atoms with Crippen LogP contribution in [0.25, 0.3) is 5.69 Å². The standard InChI is InChI=1S/C10H9FN4O/c11-7-1-2-9(15-4-3-13-6-15)8(5-7)10(12)14-16/h1-6,16H,(H2,12,14). The van der Waals surface area contributed by atoms with Crippen LogP contribution >= 0.6 is 0 Å². The molecule has 0 radical (unpaired) electrons. The third-order valence-electron chi connectivity index (χ3n) is 2.12. The van der Waals surface area contributed by atoms with Crippen molar-refractivity contribution < 1.29 is 9.60 Å². The van der Waals surface area contributed by atoms with Crippen molar-refractivity contribution in [2.24, 2.45) is 10.9 Å². The molecule has 6 heteroatoms. The summed E-state index contributed by atoms with van der Waals surface area (Å²) in [4.78, 5) is 3.87. The van der Waals surface area contributed by atoms with Crippen molar-refractivity contribution in [2.75, 3.05) is 0 Å². The summed E-state index contributed by atoms with van der Waals surface area (Å²) < 4.78 is 14.7. The van der Waals surface area contributed by atoms with Gasteiger partial charge in [0.2, 0.25) is 0 Å². The Balaban J connectivity index is 2.62. The van der Waals surface area contributed by atoms with Crippen LogP contribution in [0.15, 0.2) is 42.1 Å². The summed E-state index contributed by atoms with van der Waals surface area (Å²) in [6.07, 6.45) is 4.81. The van der Waals surface area contributed by atoms with Crippen LogP contribution < -0.4 is 5.73 Å². The predicted octanol–water partition coefficient (Wildman–Crippen LogP) is 1.11. The Kier molecular flexibility index (Phi) is 2.55. The summed E-state index contributed by atoms with van der Waals surface area (Å²) in [5.41, 5.74) is 6.37. The zero-order chi connectivity index (χ0) is 11.5. The number of rotatable bonds is 2. The van der Waals surface area contributed by atoms with Gasteiger partial charge < -0.3 is 15.5 Å². The van der Waals surface area contributed by atoms with Crippen molar-refractivity contribution in [1.82, 2.24) is 9.55 Å². The Hall–Kier alpha value is -2.37. The highest BCUT2D eigenvalue weighted by molar-refractivity contribution is 6.00. The van der Waals surface area contributed by atoms with E-state index >= 15 is 0 Å². The lowest BCUT2D eigenvalue weighted by Crippen LogP contribution is -2.16. The van der Waals surface area contributed by atoms with Crippen molar-refractivity contribution >= 4 is 5.84 Å². The topological polar surface area (TPSA) is 76.4 Å². The average molecular weight is 220 g/mol. The van der Waals surface area contributed by atoms with Gasteiger partial charge in [0.05, 0.1) is 12.0 Å². The number of nitrogens with zero attached hydrogens (tertiary/aromatic N) is 3. The number of nitrogens with two attached hydrogens (primary N) is 1. The zero-order valence-corrected chi connectivity index (χ0v) is 8.21. The molecule has 0 bridgehead atoms. The molecule has 0 aliphatic carbocycles. The Morgan fingerprint density at radius 3 is 2.94 bits per heavy atom. The van der Waals surface area contributed by atoms with Crippen LogP contribution in [0.5, 0.6) is 0 Å². The van der Waals surface area contributed by atoms with E-state index in [1.807, 2.05) is 0 Å². The van der Waals surface area contributed by atoms with E-state index < -0.39 is 5.82 Å². The molecule has 0 aliphatic rings. The summed E-state index contributed by atoms with van der Waals surface area (Å²) in [6.45, 7) is 0. The van der Waals surface area contributed by atoms with Gasteiger partial charge in [0, 0.05) is 18.0 Å².